The average Bonchev–Trinajstić information content (AvgIpc) is 3.07. The van der Waals surface area contributed by atoms with Gasteiger partial charge in [0.2, 0.25) is 12.2 Å². The molecule has 0 aliphatic carbocycles. The fourth-order valence-electron chi connectivity index (χ4n) is 5.37. The minimum absolute atomic E-state index is 0.0648. The van der Waals surface area contributed by atoms with E-state index in [1.807, 2.05) is 48.5 Å². The van der Waals surface area contributed by atoms with Crippen LogP contribution in [-0.2, 0) is 17.8 Å². The molecule has 9 nitrogen and oxygen atoms in total. The molecule has 0 saturated carbocycles. The summed E-state index contributed by atoms with van der Waals surface area (Å²) in [6, 6.07) is 20.8. The van der Waals surface area contributed by atoms with Gasteiger partial charge in [-0.2, -0.15) is 0 Å². The van der Waals surface area contributed by atoms with Crippen LogP contribution in [0.5, 0.6) is 17.2 Å². The van der Waals surface area contributed by atoms with Gasteiger partial charge < -0.3 is 24.8 Å². The van der Waals surface area contributed by atoms with Gasteiger partial charge in [0, 0.05) is 29.5 Å². The van der Waals surface area contributed by atoms with E-state index in [0.717, 1.165) is 41.9 Å². The number of hydrogen-bond donors (Lipinski definition) is 2. The number of carbonyl (C=O) groups excluding carboxylic acids is 2. The Morgan fingerprint density at radius 1 is 1.00 bits per heavy atom. The van der Waals surface area contributed by atoms with Gasteiger partial charge in [0.25, 0.3) is 0 Å². The second kappa shape index (κ2) is 19.0. The van der Waals surface area contributed by atoms with E-state index >= 15 is 0 Å². The van der Waals surface area contributed by atoms with Crippen molar-refractivity contribution in [2.45, 2.75) is 72.4 Å². The number of phenolic OH excluding ortho intramolecular Hbond substituents is 1. The normalized spacial score (nSPS) is 10.7. The standard InChI is InChI=1S/C20H18N2O3.C18H30N2O2/c1-13-8-16(19(24)17-9-14(2)21-12-22-17)10-18(23)20(13)25-11-15-6-4-3-5-7-15;1-5-7-16(8-6-2)20(3)12-11-15-13-17(22-4)9-10-18(15)19-14-21/h3-10,12,23H,11H2,1-2H3;9-10,13-14,16H,5-8,11-12H2,1-4H3,(H,19,21). The second-order valence-corrected chi connectivity index (χ2v) is 11.5. The number of nitrogens with zero attached hydrogens (tertiary/aromatic N) is 3. The van der Waals surface area contributed by atoms with Gasteiger partial charge >= 0.3 is 0 Å². The number of phenols is 1. The number of ether oxygens (including phenoxy) is 2. The first-order valence-corrected chi connectivity index (χ1v) is 16.1. The maximum atomic E-state index is 12.6. The van der Waals surface area contributed by atoms with Crippen LogP contribution >= 0.6 is 0 Å². The molecule has 9 heteroatoms. The molecule has 2 N–H and O–H groups in total. The highest BCUT2D eigenvalue weighted by atomic mass is 16.5. The molecule has 1 heterocycles. The maximum absolute atomic E-state index is 12.6. The molecule has 250 valence electrons. The van der Waals surface area contributed by atoms with Crippen LogP contribution in [-0.4, -0.2) is 58.9 Å². The van der Waals surface area contributed by atoms with E-state index in [9.17, 15) is 14.7 Å². The SMILES string of the molecule is CCCC(CCC)N(C)CCc1cc(OC)ccc1NC=O.Cc1cc(C(=O)c2cc(C)c(OCc3ccccc3)c(O)c2)ncn1. The molecular weight excluding hydrogens is 592 g/mol. The third-order valence-corrected chi connectivity index (χ3v) is 7.91. The molecule has 0 radical (unpaired) electrons. The van der Waals surface area contributed by atoms with E-state index in [0.29, 0.717) is 40.9 Å². The van der Waals surface area contributed by atoms with E-state index in [1.54, 1.807) is 33.1 Å². The minimum atomic E-state index is -0.265. The number of nitrogens with one attached hydrogen (secondary N) is 1. The van der Waals surface area contributed by atoms with Crippen molar-refractivity contribution in [1.82, 2.24) is 14.9 Å². The van der Waals surface area contributed by atoms with E-state index < -0.39 is 0 Å². The van der Waals surface area contributed by atoms with Crippen molar-refractivity contribution in [3.05, 3.63) is 107 Å². The molecule has 1 aromatic heterocycles. The zero-order valence-electron chi connectivity index (χ0n) is 28.5. The number of aryl methyl sites for hydroxylation is 2. The Morgan fingerprint density at radius 3 is 2.34 bits per heavy atom. The molecule has 4 rings (SSSR count). The molecule has 4 aromatic rings. The molecule has 3 aromatic carbocycles. The summed E-state index contributed by atoms with van der Waals surface area (Å²) in [6.07, 6.45) is 7.88. The van der Waals surface area contributed by atoms with Crippen LogP contribution in [0.2, 0.25) is 0 Å². The molecule has 47 heavy (non-hydrogen) atoms. The Balaban J connectivity index is 0.000000258. The predicted octanol–water partition coefficient (Wildman–Crippen LogP) is 7.32. The lowest BCUT2D eigenvalue weighted by Crippen LogP contribution is -2.33. The molecule has 0 aliphatic rings. The third kappa shape index (κ3) is 11.2. The molecule has 0 atom stereocenters. The summed E-state index contributed by atoms with van der Waals surface area (Å²) in [7, 11) is 3.86. The molecule has 0 spiro atoms. The first-order chi connectivity index (χ1) is 22.7. The van der Waals surface area contributed by atoms with Crippen molar-refractivity contribution >= 4 is 17.9 Å². The molecule has 0 fully saturated rings. The molecular formula is C38H48N4O5. The third-order valence-electron chi connectivity index (χ3n) is 7.91. The summed E-state index contributed by atoms with van der Waals surface area (Å²) >= 11 is 0. The minimum Gasteiger partial charge on any atom is -0.504 e. The number of carbonyl (C=O) groups is 2. The first-order valence-electron chi connectivity index (χ1n) is 16.1. The number of methoxy groups -OCH3 is 1. The Hall–Kier alpha value is -4.76. The smallest absolute Gasteiger partial charge is 0.211 e. The Labute approximate surface area is 279 Å². The van der Waals surface area contributed by atoms with Gasteiger partial charge in [0.05, 0.1) is 7.11 Å². The van der Waals surface area contributed by atoms with Crippen LogP contribution in [0, 0.1) is 13.8 Å². The van der Waals surface area contributed by atoms with Gasteiger partial charge in [0.1, 0.15) is 24.4 Å². The summed E-state index contributed by atoms with van der Waals surface area (Å²) in [4.78, 5) is 33.7. The molecule has 0 aliphatic heterocycles. The predicted molar refractivity (Wildman–Crippen MR) is 186 cm³/mol. The number of amides is 1. The summed E-state index contributed by atoms with van der Waals surface area (Å²) < 4.78 is 11.0. The fraction of sp³-hybridized carbons (Fsp3) is 0.368. The number of anilines is 1. The van der Waals surface area contributed by atoms with Crippen molar-refractivity contribution in [3.8, 4) is 17.2 Å². The number of hydrogen-bond acceptors (Lipinski definition) is 8. The highest BCUT2D eigenvalue weighted by Gasteiger charge is 2.17. The van der Waals surface area contributed by atoms with Crippen LogP contribution in [0.1, 0.15) is 78.0 Å². The number of aromatic nitrogens is 2. The lowest BCUT2D eigenvalue weighted by Gasteiger charge is -2.28. The largest absolute Gasteiger partial charge is 0.504 e. The van der Waals surface area contributed by atoms with Crippen LogP contribution in [0.15, 0.2) is 73.1 Å². The van der Waals surface area contributed by atoms with Crippen molar-refractivity contribution < 1.29 is 24.2 Å². The Bertz CT molecular complexity index is 1550. The van der Waals surface area contributed by atoms with Crippen LogP contribution < -0.4 is 14.8 Å². The van der Waals surface area contributed by atoms with E-state index in [-0.39, 0.29) is 11.5 Å². The van der Waals surface area contributed by atoms with Crippen molar-refractivity contribution in [2.24, 2.45) is 0 Å². The maximum Gasteiger partial charge on any atom is 0.211 e. The van der Waals surface area contributed by atoms with Crippen LogP contribution in [0.3, 0.4) is 0 Å². The van der Waals surface area contributed by atoms with Gasteiger partial charge in [-0.25, -0.2) is 9.97 Å². The molecule has 0 bridgehead atoms. The molecule has 0 saturated heterocycles. The summed E-state index contributed by atoms with van der Waals surface area (Å²) in [5, 5.41) is 13.1. The lowest BCUT2D eigenvalue weighted by molar-refractivity contribution is -0.105. The highest BCUT2D eigenvalue weighted by Crippen LogP contribution is 2.33. The van der Waals surface area contributed by atoms with Crippen molar-refractivity contribution in [2.75, 3.05) is 26.0 Å². The summed E-state index contributed by atoms with van der Waals surface area (Å²) in [5.41, 5.74) is 5.03. The molecule has 1 amide bonds. The number of likely N-dealkylation sites (N-methyl/N-ethyl adjacent to an activating group) is 1. The van der Waals surface area contributed by atoms with Gasteiger partial charge in [-0.3, -0.25) is 9.59 Å². The van der Waals surface area contributed by atoms with Gasteiger partial charge in [-0.15, -0.1) is 0 Å². The summed E-state index contributed by atoms with van der Waals surface area (Å²) in [5.74, 6) is 0.871. The fourth-order valence-corrected chi connectivity index (χ4v) is 5.37. The molecule has 0 unspecified atom stereocenters. The zero-order valence-corrected chi connectivity index (χ0v) is 28.5. The monoisotopic (exact) mass is 640 g/mol. The van der Waals surface area contributed by atoms with Crippen molar-refractivity contribution in [3.63, 3.8) is 0 Å². The van der Waals surface area contributed by atoms with Crippen LogP contribution in [0.25, 0.3) is 0 Å². The lowest BCUT2D eigenvalue weighted by atomic mass is 10.0. The number of rotatable bonds is 16. The van der Waals surface area contributed by atoms with E-state index in [2.05, 4.69) is 41.1 Å². The number of ketones is 1. The Morgan fingerprint density at radius 2 is 1.72 bits per heavy atom. The summed E-state index contributed by atoms with van der Waals surface area (Å²) in [6.45, 7) is 9.39. The quantitative estimate of drug-likeness (QED) is 0.0968. The Kier molecular flexibility index (Phi) is 14.9. The van der Waals surface area contributed by atoms with E-state index in [1.165, 1.54) is 38.1 Å². The number of aromatic hydroxyl groups is 1. The van der Waals surface area contributed by atoms with Crippen molar-refractivity contribution in [1.29, 1.82) is 0 Å². The van der Waals surface area contributed by atoms with Gasteiger partial charge in [-0.1, -0.05) is 57.0 Å². The topological polar surface area (TPSA) is 114 Å². The highest BCUT2D eigenvalue weighted by molar-refractivity contribution is 6.08. The van der Waals surface area contributed by atoms with E-state index in [4.69, 9.17) is 9.47 Å². The van der Waals surface area contributed by atoms with Gasteiger partial charge in [0.15, 0.2) is 11.5 Å². The number of benzene rings is 3. The second-order valence-electron chi connectivity index (χ2n) is 11.5. The van der Waals surface area contributed by atoms with Crippen LogP contribution in [0.4, 0.5) is 5.69 Å². The average molecular weight is 641 g/mol. The first kappa shape index (κ1) is 36.7. The zero-order chi connectivity index (χ0) is 34.2. The van der Waals surface area contributed by atoms with Gasteiger partial charge in [-0.05, 0) is 93.2 Å².